The number of aliphatic hydroxyl groups is 1. The lowest BCUT2D eigenvalue weighted by Crippen LogP contribution is -2.05. The molecule has 0 saturated heterocycles. The molecule has 2 heterocycles. The van der Waals surface area contributed by atoms with Crippen LogP contribution in [-0.2, 0) is 6.42 Å². The third-order valence-electron chi connectivity index (χ3n) is 3.51. The number of pyridine rings is 1. The van der Waals surface area contributed by atoms with E-state index in [-0.39, 0.29) is 0 Å². The first-order valence-electron chi connectivity index (χ1n) is 6.51. The van der Waals surface area contributed by atoms with E-state index in [1.807, 2.05) is 31.2 Å². The lowest BCUT2D eigenvalue weighted by molar-refractivity contribution is 0.178. The van der Waals surface area contributed by atoms with Crippen LogP contribution in [0.4, 0.5) is 5.69 Å². The van der Waals surface area contributed by atoms with Crippen LogP contribution in [0.5, 0.6) is 0 Å². The van der Waals surface area contributed by atoms with Crippen molar-refractivity contribution in [2.24, 2.45) is 0 Å². The summed E-state index contributed by atoms with van der Waals surface area (Å²) in [5.74, 6) is 0.737. The molecule has 102 valence electrons. The van der Waals surface area contributed by atoms with Crippen LogP contribution in [0.2, 0.25) is 0 Å². The number of nitrogens with zero attached hydrogens (tertiary/aromatic N) is 1. The summed E-state index contributed by atoms with van der Waals surface area (Å²) < 4.78 is 5.68. The molecule has 0 bridgehead atoms. The topological polar surface area (TPSA) is 72.3 Å². The van der Waals surface area contributed by atoms with E-state index < -0.39 is 6.10 Å². The van der Waals surface area contributed by atoms with E-state index >= 15 is 0 Å². The van der Waals surface area contributed by atoms with E-state index in [2.05, 4.69) is 4.98 Å². The molecule has 0 aliphatic rings. The lowest BCUT2D eigenvalue weighted by Gasteiger charge is -2.12. The van der Waals surface area contributed by atoms with Crippen molar-refractivity contribution in [1.82, 2.24) is 4.98 Å². The van der Waals surface area contributed by atoms with Crippen molar-refractivity contribution in [2.45, 2.75) is 19.4 Å². The second-order valence-corrected chi connectivity index (χ2v) is 4.86. The number of aryl methyl sites for hydroxylation is 1. The molecule has 1 atom stereocenters. The van der Waals surface area contributed by atoms with Gasteiger partial charge in [-0.05, 0) is 24.6 Å². The van der Waals surface area contributed by atoms with Gasteiger partial charge in [0, 0.05) is 35.5 Å². The summed E-state index contributed by atoms with van der Waals surface area (Å²) in [6, 6.07) is 9.45. The Bertz CT molecular complexity index is 749. The highest BCUT2D eigenvalue weighted by Crippen LogP contribution is 2.32. The van der Waals surface area contributed by atoms with Crippen molar-refractivity contribution < 1.29 is 9.52 Å². The molecule has 0 aliphatic carbocycles. The quantitative estimate of drug-likeness (QED) is 0.766. The lowest BCUT2D eigenvalue weighted by atomic mass is 9.99. The molecule has 0 fully saturated rings. The highest BCUT2D eigenvalue weighted by Gasteiger charge is 2.19. The number of rotatable bonds is 3. The van der Waals surface area contributed by atoms with Crippen LogP contribution in [0.1, 0.15) is 23.0 Å². The van der Waals surface area contributed by atoms with Gasteiger partial charge in [-0.1, -0.05) is 18.2 Å². The Balaban J connectivity index is 1.99. The minimum Gasteiger partial charge on any atom is -0.461 e. The number of hydrogen-bond donors (Lipinski definition) is 2. The van der Waals surface area contributed by atoms with E-state index in [4.69, 9.17) is 10.2 Å². The molecule has 4 nitrogen and oxygen atoms in total. The largest absolute Gasteiger partial charge is 0.461 e. The van der Waals surface area contributed by atoms with Crippen molar-refractivity contribution in [2.75, 3.05) is 5.73 Å². The molecule has 4 heteroatoms. The van der Waals surface area contributed by atoms with E-state index in [9.17, 15) is 5.11 Å². The standard InChI is InChI=1S/C16H16N2O2/c1-10-16(12-4-2-3-5-15(12)20-10)14(19)8-11-9-18-7-6-13(11)17/h2-7,9,14,19H,8H2,1H3,(H2,17,18). The second-order valence-electron chi connectivity index (χ2n) is 4.86. The molecule has 2 aromatic heterocycles. The molecular weight excluding hydrogens is 252 g/mol. The molecule has 0 amide bonds. The predicted octanol–water partition coefficient (Wildman–Crippen LogP) is 2.99. The van der Waals surface area contributed by atoms with Crippen LogP contribution in [0.3, 0.4) is 0 Å². The fraction of sp³-hybridized carbons (Fsp3) is 0.188. The second kappa shape index (κ2) is 4.98. The Morgan fingerprint density at radius 3 is 2.90 bits per heavy atom. The molecule has 1 unspecified atom stereocenters. The fourth-order valence-corrected chi connectivity index (χ4v) is 2.52. The van der Waals surface area contributed by atoms with Gasteiger partial charge >= 0.3 is 0 Å². The predicted molar refractivity (Wildman–Crippen MR) is 78.3 cm³/mol. The van der Waals surface area contributed by atoms with Gasteiger partial charge < -0.3 is 15.3 Å². The number of para-hydroxylation sites is 1. The van der Waals surface area contributed by atoms with Crippen molar-refractivity contribution in [1.29, 1.82) is 0 Å². The van der Waals surface area contributed by atoms with Gasteiger partial charge in [-0.25, -0.2) is 0 Å². The normalized spacial score (nSPS) is 12.7. The van der Waals surface area contributed by atoms with Gasteiger partial charge in [0.05, 0.1) is 6.10 Å². The maximum atomic E-state index is 10.5. The van der Waals surface area contributed by atoms with Gasteiger partial charge in [-0.2, -0.15) is 0 Å². The number of benzene rings is 1. The zero-order chi connectivity index (χ0) is 14.1. The third kappa shape index (κ3) is 2.14. The van der Waals surface area contributed by atoms with Gasteiger partial charge in [0.25, 0.3) is 0 Å². The minimum atomic E-state index is -0.662. The van der Waals surface area contributed by atoms with E-state index in [0.717, 1.165) is 27.9 Å². The summed E-state index contributed by atoms with van der Waals surface area (Å²) in [5.41, 5.74) is 8.99. The molecule has 20 heavy (non-hydrogen) atoms. The third-order valence-corrected chi connectivity index (χ3v) is 3.51. The average molecular weight is 268 g/mol. The number of hydrogen-bond acceptors (Lipinski definition) is 4. The van der Waals surface area contributed by atoms with E-state index in [1.165, 1.54) is 0 Å². The Hall–Kier alpha value is -2.33. The van der Waals surface area contributed by atoms with Crippen LogP contribution < -0.4 is 5.73 Å². The van der Waals surface area contributed by atoms with Crippen LogP contribution in [-0.4, -0.2) is 10.1 Å². The molecule has 3 rings (SSSR count). The zero-order valence-corrected chi connectivity index (χ0v) is 11.2. The average Bonchev–Trinajstić information content (AvgIpc) is 2.77. The molecule has 0 radical (unpaired) electrons. The maximum Gasteiger partial charge on any atom is 0.134 e. The Morgan fingerprint density at radius 2 is 2.10 bits per heavy atom. The smallest absolute Gasteiger partial charge is 0.134 e. The fourth-order valence-electron chi connectivity index (χ4n) is 2.52. The molecule has 0 aliphatic heterocycles. The van der Waals surface area contributed by atoms with Gasteiger partial charge in [-0.15, -0.1) is 0 Å². The first-order chi connectivity index (χ1) is 9.66. The number of nitrogens with two attached hydrogens (primary N) is 1. The van der Waals surface area contributed by atoms with Gasteiger partial charge in [-0.3, -0.25) is 4.98 Å². The van der Waals surface area contributed by atoms with Crippen LogP contribution in [0, 0.1) is 6.92 Å². The van der Waals surface area contributed by atoms with Crippen molar-refractivity contribution in [3.8, 4) is 0 Å². The molecule has 0 spiro atoms. The summed E-state index contributed by atoms with van der Waals surface area (Å²) in [6.07, 6.45) is 3.09. The number of aromatic nitrogens is 1. The number of furan rings is 1. The van der Waals surface area contributed by atoms with E-state index in [1.54, 1.807) is 18.5 Å². The van der Waals surface area contributed by atoms with Crippen molar-refractivity contribution in [3.63, 3.8) is 0 Å². The first kappa shape index (κ1) is 12.7. The van der Waals surface area contributed by atoms with Gasteiger partial charge in [0.2, 0.25) is 0 Å². The summed E-state index contributed by atoms with van der Waals surface area (Å²) in [6.45, 7) is 1.87. The molecule has 3 N–H and O–H groups in total. The Kier molecular flexibility index (Phi) is 3.16. The van der Waals surface area contributed by atoms with Gasteiger partial charge in [0.1, 0.15) is 11.3 Å². The van der Waals surface area contributed by atoms with Crippen LogP contribution in [0.15, 0.2) is 47.1 Å². The summed E-state index contributed by atoms with van der Waals surface area (Å²) in [5, 5.41) is 11.5. The SMILES string of the molecule is Cc1oc2ccccc2c1C(O)Cc1cnccc1N. The number of nitrogen functional groups attached to an aromatic ring is 1. The molecule has 1 aromatic carbocycles. The molecule has 0 saturated carbocycles. The maximum absolute atomic E-state index is 10.5. The number of anilines is 1. The summed E-state index contributed by atoms with van der Waals surface area (Å²) in [4.78, 5) is 4.05. The zero-order valence-electron chi connectivity index (χ0n) is 11.2. The first-order valence-corrected chi connectivity index (χ1v) is 6.51. The highest BCUT2D eigenvalue weighted by atomic mass is 16.3. The molecular formula is C16H16N2O2. The monoisotopic (exact) mass is 268 g/mol. The van der Waals surface area contributed by atoms with Crippen LogP contribution in [0.25, 0.3) is 11.0 Å². The Morgan fingerprint density at radius 1 is 1.30 bits per heavy atom. The summed E-state index contributed by atoms with van der Waals surface area (Å²) in [7, 11) is 0. The van der Waals surface area contributed by atoms with Gasteiger partial charge in [0.15, 0.2) is 0 Å². The highest BCUT2D eigenvalue weighted by molar-refractivity contribution is 5.82. The summed E-state index contributed by atoms with van der Waals surface area (Å²) >= 11 is 0. The van der Waals surface area contributed by atoms with Crippen molar-refractivity contribution >= 4 is 16.7 Å². The minimum absolute atomic E-state index is 0.421. The Labute approximate surface area is 116 Å². The molecule has 3 aromatic rings. The van der Waals surface area contributed by atoms with Crippen LogP contribution >= 0.6 is 0 Å². The van der Waals surface area contributed by atoms with E-state index in [0.29, 0.717) is 12.1 Å². The number of fused-ring (bicyclic) bond motifs is 1. The van der Waals surface area contributed by atoms with Crippen molar-refractivity contribution in [3.05, 3.63) is 59.6 Å². The number of aliphatic hydroxyl groups excluding tert-OH is 1.